The molecular formula is C15H17ClN2O4S. The summed E-state index contributed by atoms with van der Waals surface area (Å²) in [5.74, 6) is -0.150. The van der Waals surface area contributed by atoms with Crippen molar-refractivity contribution in [3.8, 4) is 0 Å². The van der Waals surface area contributed by atoms with Gasteiger partial charge in [-0.05, 0) is 19.9 Å². The molecule has 2 rings (SSSR count). The third-order valence-corrected chi connectivity index (χ3v) is 4.68. The Bertz CT molecular complexity index is 745. The summed E-state index contributed by atoms with van der Waals surface area (Å²) in [6.45, 7) is 3.78. The number of carbonyl (C=O) groups excluding carboxylic acids is 2. The number of halogens is 1. The largest absolute Gasteiger partial charge is 0.469 e. The van der Waals surface area contributed by atoms with Gasteiger partial charge < -0.3 is 9.47 Å². The van der Waals surface area contributed by atoms with E-state index in [0.29, 0.717) is 40.8 Å². The number of carbonyl (C=O) groups is 2. The predicted octanol–water partition coefficient (Wildman–Crippen LogP) is 3.13. The molecule has 0 saturated heterocycles. The minimum absolute atomic E-state index is 0.268. The summed E-state index contributed by atoms with van der Waals surface area (Å²) in [6.07, 6.45) is 2.03. The fourth-order valence-electron chi connectivity index (χ4n) is 2.07. The van der Waals surface area contributed by atoms with E-state index >= 15 is 0 Å². The zero-order valence-corrected chi connectivity index (χ0v) is 14.7. The van der Waals surface area contributed by atoms with Crippen LogP contribution in [0.3, 0.4) is 0 Å². The van der Waals surface area contributed by atoms with E-state index in [-0.39, 0.29) is 5.97 Å². The molecule has 0 fully saturated rings. The molecule has 0 unspecified atom stereocenters. The van der Waals surface area contributed by atoms with Gasteiger partial charge in [0.05, 0.1) is 30.9 Å². The highest BCUT2D eigenvalue weighted by Gasteiger charge is 2.20. The first-order chi connectivity index (χ1) is 11.0. The van der Waals surface area contributed by atoms with Gasteiger partial charge in [-0.2, -0.15) is 0 Å². The van der Waals surface area contributed by atoms with E-state index in [4.69, 9.17) is 16.3 Å². The Morgan fingerprint density at radius 2 is 2.17 bits per heavy atom. The minimum Gasteiger partial charge on any atom is -0.469 e. The summed E-state index contributed by atoms with van der Waals surface area (Å²) >= 11 is 7.82. The van der Waals surface area contributed by atoms with Crippen molar-refractivity contribution in [2.45, 2.75) is 25.2 Å². The molecule has 2 aromatic rings. The number of imidazole rings is 1. The van der Waals surface area contributed by atoms with E-state index in [9.17, 15) is 9.59 Å². The number of hydrogen-bond donors (Lipinski definition) is 0. The Labute approximate surface area is 143 Å². The number of methoxy groups -OCH3 is 1. The Hall–Kier alpha value is -1.73. The Morgan fingerprint density at radius 1 is 1.43 bits per heavy atom. The van der Waals surface area contributed by atoms with Crippen molar-refractivity contribution in [2.75, 3.05) is 19.5 Å². The van der Waals surface area contributed by atoms with Gasteiger partial charge in [-0.25, -0.2) is 9.78 Å². The Morgan fingerprint density at radius 3 is 2.83 bits per heavy atom. The summed E-state index contributed by atoms with van der Waals surface area (Å²) in [7, 11) is 1.36. The molecule has 0 saturated carbocycles. The highest BCUT2D eigenvalue weighted by molar-refractivity contribution is 7.99. The van der Waals surface area contributed by atoms with Crippen molar-refractivity contribution in [1.82, 2.24) is 9.38 Å². The summed E-state index contributed by atoms with van der Waals surface area (Å²) < 4.78 is 11.3. The molecule has 0 aliphatic heterocycles. The van der Waals surface area contributed by atoms with Crippen molar-refractivity contribution < 1.29 is 19.1 Å². The van der Waals surface area contributed by atoms with Gasteiger partial charge in [0.15, 0.2) is 11.3 Å². The summed E-state index contributed by atoms with van der Waals surface area (Å²) in [6, 6.07) is 1.79. The van der Waals surface area contributed by atoms with E-state index in [1.54, 1.807) is 30.5 Å². The topological polar surface area (TPSA) is 69.9 Å². The predicted molar refractivity (Wildman–Crippen MR) is 88.3 cm³/mol. The summed E-state index contributed by atoms with van der Waals surface area (Å²) in [5, 5.41) is 0.445. The number of aromatic nitrogens is 2. The maximum absolute atomic E-state index is 12.0. The van der Waals surface area contributed by atoms with Gasteiger partial charge >= 0.3 is 11.9 Å². The first kappa shape index (κ1) is 17.6. The molecule has 2 aromatic heterocycles. The molecule has 2 heterocycles. The second-order valence-corrected chi connectivity index (χ2v) is 6.14. The van der Waals surface area contributed by atoms with Crippen molar-refractivity contribution in [2.24, 2.45) is 0 Å². The maximum atomic E-state index is 12.0. The molecule has 6 nitrogen and oxygen atoms in total. The maximum Gasteiger partial charge on any atom is 0.357 e. The number of thioether (sulfide) groups is 1. The number of rotatable bonds is 6. The van der Waals surface area contributed by atoms with Crippen LogP contribution in [0.25, 0.3) is 5.65 Å². The molecule has 0 N–H and O–H groups in total. The minimum atomic E-state index is -0.431. The van der Waals surface area contributed by atoms with Crippen molar-refractivity contribution in [3.63, 3.8) is 0 Å². The van der Waals surface area contributed by atoms with Gasteiger partial charge in [-0.15, -0.1) is 11.8 Å². The van der Waals surface area contributed by atoms with Crippen LogP contribution in [0.15, 0.2) is 17.2 Å². The molecule has 0 aliphatic rings. The van der Waals surface area contributed by atoms with E-state index in [1.807, 2.05) is 0 Å². The van der Waals surface area contributed by atoms with Crippen LogP contribution in [-0.4, -0.2) is 40.8 Å². The van der Waals surface area contributed by atoms with Gasteiger partial charge in [0.2, 0.25) is 0 Å². The van der Waals surface area contributed by atoms with Crippen LogP contribution in [0.1, 0.15) is 29.5 Å². The molecule has 8 heteroatoms. The lowest BCUT2D eigenvalue weighted by Crippen LogP contribution is -2.09. The quantitative estimate of drug-likeness (QED) is 0.585. The third-order valence-electron chi connectivity index (χ3n) is 3.13. The van der Waals surface area contributed by atoms with Gasteiger partial charge in [0.1, 0.15) is 0 Å². The molecule has 23 heavy (non-hydrogen) atoms. The number of esters is 2. The van der Waals surface area contributed by atoms with Crippen molar-refractivity contribution in [1.29, 1.82) is 0 Å². The lowest BCUT2D eigenvalue weighted by atomic mass is 10.3. The molecular weight excluding hydrogens is 340 g/mol. The first-order valence-electron chi connectivity index (χ1n) is 7.03. The third kappa shape index (κ3) is 3.79. The van der Waals surface area contributed by atoms with Gasteiger partial charge in [-0.1, -0.05) is 11.6 Å². The second-order valence-electron chi connectivity index (χ2n) is 4.63. The molecule has 124 valence electrons. The molecule has 0 atom stereocenters. The standard InChI is InChI=1S/C15H17ClN2O4S/c1-4-22-15(20)13-9(2)17-14-12(16)10(5-7-18(13)14)23-8-6-11(19)21-3/h5,7H,4,6,8H2,1-3H3. The van der Waals surface area contributed by atoms with Crippen LogP contribution in [0, 0.1) is 6.92 Å². The fraction of sp³-hybridized carbons (Fsp3) is 0.400. The van der Waals surface area contributed by atoms with E-state index in [2.05, 4.69) is 9.72 Å². The van der Waals surface area contributed by atoms with Gasteiger partial charge in [0, 0.05) is 16.8 Å². The second kappa shape index (κ2) is 7.70. The monoisotopic (exact) mass is 356 g/mol. The lowest BCUT2D eigenvalue weighted by Gasteiger charge is -2.07. The van der Waals surface area contributed by atoms with Crippen LogP contribution in [0.4, 0.5) is 0 Å². The van der Waals surface area contributed by atoms with Crippen LogP contribution in [-0.2, 0) is 14.3 Å². The smallest absolute Gasteiger partial charge is 0.357 e. The number of aryl methyl sites for hydroxylation is 1. The molecule has 0 radical (unpaired) electrons. The zero-order valence-electron chi connectivity index (χ0n) is 13.1. The molecule has 0 aromatic carbocycles. The first-order valence-corrected chi connectivity index (χ1v) is 8.39. The number of fused-ring (bicyclic) bond motifs is 1. The fourth-order valence-corrected chi connectivity index (χ4v) is 3.30. The van der Waals surface area contributed by atoms with E-state index in [0.717, 1.165) is 4.90 Å². The highest BCUT2D eigenvalue weighted by Crippen LogP contribution is 2.32. The molecule has 0 bridgehead atoms. The van der Waals surface area contributed by atoms with Crippen LogP contribution in [0.2, 0.25) is 5.02 Å². The average molecular weight is 357 g/mol. The highest BCUT2D eigenvalue weighted by atomic mass is 35.5. The average Bonchev–Trinajstić information content (AvgIpc) is 2.86. The Balaban J connectivity index is 2.29. The van der Waals surface area contributed by atoms with Gasteiger partial charge in [-0.3, -0.25) is 9.20 Å². The molecule has 0 spiro atoms. The zero-order chi connectivity index (χ0) is 17.0. The molecule has 0 amide bonds. The Kier molecular flexibility index (Phi) is 5.90. The van der Waals surface area contributed by atoms with Gasteiger partial charge in [0.25, 0.3) is 0 Å². The van der Waals surface area contributed by atoms with E-state index < -0.39 is 5.97 Å². The SMILES string of the molecule is CCOC(=O)c1c(C)nc2c(Cl)c(SCCC(=O)OC)ccn12. The summed E-state index contributed by atoms with van der Waals surface area (Å²) in [5.41, 5.74) is 1.42. The number of nitrogens with zero attached hydrogens (tertiary/aromatic N) is 2. The van der Waals surface area contributed by atoms with E-state index in [1.165, 1.54) is 18.9 Å². The normalized spacial score (nSPS) is 10.8. The van der Waals surface area contributed by atoms with Crippen LogP contribution in [0.5, 0.6) is 0 Å². The van der Waals surface area contributed by atoms with Crippen molar-refractivity contribution >= 4 is 40.9 Å². The number of ether oxygens (including phenoxy) is 2. The van der Waals surface area contributed by atoms with Crippen LogP contribution >= 0.6 is 23.4 Å². The van der Waals surface area contributed by atoms with Crippen LogP contribution < -0.4 is 0 Å². The summed E-state index contributed by atoms with van der Waals surface area (Å²) in [4.78, 5) is 28.3. The lowest BCUT2D eigenvalue weighted by molar-refractivity contribution is -0.140. The number of pyridine rings is 1. The number of hydrogen-bond acceptors (Lipinski definition) is 6. The van der Waals surface area contributed by atoms with Crippen molar-refractivity contribution in [3.05, 3.63) is 28.7 Å². The molecule has 0 aliphatic carbocycles.